The minimum atomic E-state index is -1.59. The van der Waals surface area contributed by atoms with Gasteiger partial charge in [0.05, 0.1) is 17.3 Å². The van der Waals surface area contributed by atoms with Crippen LogP contribution in [-0.4, -0.2) is 28.0 Å². The number of alkyl halides is 1. The first-order valence-electron chi connectivity index (χ1n) is 7.75. The van der Waals surface area contributed by atoms with Gasteiger partial charge in [-0.2, -0.15) is 10.1 Å². The van der Waals surface area contributed by atoms with Crippen LogP contribution in [0.15, 0.2) is 65.8 Å². The Kier molecular flexibility index (Phi) is 4.55. The molecule has 0 radical (unpaired) electrons. The molecule has 0 saturated carbocycles. The molecule has 3 rings (SSSR count). The fourth-order valence-corrected chi connectivity index (χ4v) is 3.33. The topological polar surface area (TPSA) is 75.8 Å². The zero-order chi connectivity index (χ0) is 18.0. The Hall–Kier alpha value is -2.73. The second kappa shape index (κ2) is 6.64. The van der Waals surface area contributed by atoms with Crippen LogP contribution in [0.4, 0.5) is 5.69 Å². The molecule has 1 amide bonds. The quantitative estimate of drug-likeness (QED) is 0.467. The summed E-state index contributed by atoms with van der Waals surface area (Å²) in [5, 5.41) is 16.7. The molecule has 1 aliphatic rings. The zero-order valence-corrected chi connectivity index (χ0v) is 14.3. The summed E-state index contributed by atoms with van der Waals surface area (Å²) >= 11 is 6.73. The van der Waals surface area contributed by atoms with Crippen molar-refractivity contribution in [2.45, 2.75) is 17.7 Å². The molecule has 128 valence electrons. The van der Waals surface area contributed by atoms with Crippen molar-refractivity contribution < 1.29 is 9.72 Å². The van der Waals surface area contributed by atoms with Crippen molar-refractivity contribution in [2.24, 2.45) is 5.10 Å². The second-order valence-electron chi connectivity index (χ2n) is 5.83. The van der Waals surface area contributed by atoms with E-state index in [0.29, 0.717) is 17.0 Å². The van der Waals surface area contributed by atoms with Crippen LogP contribution in [0.5, 0.6) is 0 Å². The number of nitro groups is 1. The summed E-state index contributed by atoms with van der Waals surface area (Å²) in [6.07, 6.45) is 0. The second-order valence-corrected chi connectivity index (χ2v) is 6.42. The summed E-state index contributed by atoms with van der Waals surface area (Å²) in [4.78, 5) is 22.3. The molecule has 0 N–H and O–H groups in total. The maximum absolute atomic E-state index is 13.1. The van der Waals surface area contributed by atoms with Crippen LogP contribution < -0.4 is 5.01 Å². The monoisotopic (exact) mass is 357 g/mol. The van der Waals surface area contributed by atoms with Crippen molar-refractivity contribution in [3.63, 3.8) is 0 Å². The van der Waals surface area contributed by atoms with Gasteiger partial charge in [-0.1, -0.05) is 48.5 Å². The lowest BCUT2D eigenvalue weighted by atomic mass is 9.82. The molecular weight excluding hydrogens is 342 g/mol. The molecular formula is C18H16ClN3O3. The lowest BCUT2D eigenvalue weighted by Gasteiger charge is -2.28. The number of carbonyl (C=O) groups excluding carboxylic acids is 1. The number of halogens is 1. The average Bonchev–Trinajstić information content (AvgIpc) is 2.86. The van der Waals surface area contributed by atoms with Gasteiger partial charge in [0.2, 0.25) is 6.54 Å². The van der Waals surface area contributed by atoms with E-state index < -0.39 is 28.2 Å². The number of nitrogens with zero attached hydrogens (tertiary/aromatic N) is 3. The van der Waals surface area contributed by atoms with E-state index in [1.807, 2.05) is 6.07 Å². The van der Waals surface area contributed by atoms with Gasteiger partial charge < -0.3 is 0 Å². The van der Waals surface area contributed by atoms with E-state index in [1.165, 1.54) is 5.01 Å². The van der Waals surface area contributed by atoms with E-state index in [-0.39, 0.29) is 0 Å². The van der Waals surface area contributed by atoms with Gasteiger partial charge in [0, 0.05) is 4.92 Å². The van der Waals surface area contributed by atoms with E-state index in [1.54, 1.807) is 61.5 Å². The molecule has 2 aromatic rings. The minimum Gasteiger partial charge on any atom is -0.270 e. The molecule has 0 aromatic heterocycles. The number of amides is 1. The van der Waals surface area contributed by atoms with Crippen LogP contribution in [-0.2, 0) is 4.79 Å². The SMILES string of the molecule is CC1=NN(c2ccccc2)C(=O)C1(Cl)C(C[N+](=O)[O-])c1ccccc1. The smallest absolute Gasteiger partial charge is 0.270 e. The lowest BCUT2D eigenvalue weighted by Crippen LogP contribution is -2.48. The lowest BCUT2D eigenvalue weighted by molar-refractivity contribution is -0.483. The van der Waals surface area contributed by atoms with E-state index in [4.69, 9.17) is 11.6 Å². The Morgan fingerprint density at radius 1 is 1.16 bits per heavy atom. The van der Waals surface area contributed by atoms with Crippen molar-refractivity contribution in [3.8, 4) is 0 Å². The number of rotatable bonds is 5. The van der Waals surface area contributed by atoms with Gasteiger partial charge in [0.1, 0.15) is 0 Å². The normalized spacial score (nSPS) is 21.1. The molecule has 1 aliphatic heterocycles. The van der Waals surface area contributed by atoms with Gasteiger partial charge in [-0.3, -0.25) is 14.9 Å². The molecule has 2 aromatic carbocycles. The Morgan fingerprint density at radius 3 is 2.28 bits per heavy atom. The highest BCUT2D eigenvalue weighted by Crippen LogP contribution is 2.42. The van der Waals surface area contributed by atoms with Gasteiger partial charge in [-0.15, -0.1) is 11.6 Å². The summed E-state index contributed by atoms with van der Waals surface area (Å²) in [5.74, 6) is -1.30. The fourth-order valence-electron chi connectivity index (χ4n) is 3.02. The molecule has 25 heavy (non-hydrogen) atoms. The van der Waals surface area contributed by atoms with Crippen molar-refractivity contribution in [3.05, 3.63) is 76.3 Å². The van der Waals surface area contributed by atoms with E-state index in [9.17, 15) is 14.9 Å². The Morgan fingerprint density at radius 2 is 1.72 bits per heavy atom. The first kappa shape index (κ1) is 17.1. The number of hydrogen-bond donors (Lipinski definition) is 0. The highest BCUT2D eigenvalue weighted by Gasteiger charge is 2.56. The van der Waals surface area contributed by atoms with Gasteiger partial charge in [0.25, 0.3) is 5.91 Å². The Bertz CT molecular complexity index is 826. The third-order valence-electron chi connectivity index (χ3n) is 4.29. The molecule has 0 fully saturated rings. The van der Waals surface area contributed by atoms with Crippen molar-refractivity contribution in [1.82, 2.24) is 0 Å². The zero-order valence-electron chi connectivity index (χ0n) is 13.5. The van der Waals surface area contributed by atoms with Crippen molar-refractivity contribution in [1.29, 1.82) is 0 Å². The van der Waals surface area contributed by atoms with Crippen LogP contribution in [0, 0.1) is 10.1 Å². The summed E-state index contributed by atoms with van der Waals surface area (Å²) in [7, 11) is 0. The molecule has 0 saturated heterocycles. The molecule has 0 bridgehead atoms. The van der Waals surface area contributed by atoms with Gasteiger partial charge >= 0.3 is 0 Å². The van der Waals surface area contributed by atoms with Gasteiger partial charge in [-0.05, 0) is 24.6 Å². The number of benzene rings is 2. The number of hydrazone groups is 1. The molecule has 7 heteroatoms. The summed E-state index contributed by atoms with van der Waals surface area (Å²) in [6, 6.07) is 17.7. The van der Waals surface area contributed by atoms with Crippen LogP contribution in [0.3, 0.4) is 0 Å². The third kappa shape index (κ3) is 3.00. The Balaban J connectivity index is 2.05. The summed E-state index contributed by atoms with van der Waals surface area (Å²) in [5.41, 5.74) is 1.55. The van der Waals surface area contributed by atoms with E-state index in [0.717, 1.165) is 0 Å². The highest BCUT2D eigenvalue weighted by atomic mass is 35.5. The van der Waals surface area contributed by atoms with Gasteiger partial charge in [-0.25, -0.2) is 0 Å². The fraction of sp³-hybridized carbons (Fsp3) is 0.222. The van der Waals surface area contributed by atoms with Crippen LogP contribution in [0.1, 0.15) is 18.4 Å². The van der Waals surface area contributed by atoms with Crippen LogP contribution >= 0.6 is 11.6 Å². The maximum atomic E-state index is 13.1. The van der Waals surface area contributed by atoms with Crippen molar-refractivity contribution >= 4 is 28.9 Å². The van der Waals surface area contributed by atoms with Crippen molar-refractivity contribution in [2.75, 3.05) is 11.6 Å². The first-order chi connectivity index (χ1) is 11.9. The maximum Gasteiger partial charge on any atom is 0.275 e. The summed E-state index contributed by atoms with van der Waals surface area (Å²) in [6.45, 7) is 1.17. The molecule has 6 nitrogen and oxygen atoms in total. The highest BCUT2D eigenvalue weighted by molar-refractivity contribution is 6.51. The average molecular weight is 358 g/mol. The standard InChI is InChI=1S/C18H16ClN3O3/c1-13-18(19,16(12-21(24)25)14-8-4-2-5-9-14)17(23)22(20-13)15-10-6-3-7-11-15/h2-11,16H,12H2,1H3. The van der Waals surface area contributed by atoms with E-state index in [2.05, 4.69) is 5.10 Å². The molecule has 0 spiro atoms. The third-order valence-corrected chi connectivity index (χ3v) is 4.99. The number of anilines is 1. The number of carbonyl (C=O) groups is 1. The summed E-state index contributed by atoms with van der Waals surface area (Å²) < 4.78 is 0. The first-order valence-corrected chi connectivity index (χ1v) is 8.13. The largest absolute Gasteiger partial charge is 0.275 e. The van der Waals surface area contributed by atoms with Gasteiger partial charge in [0.15, 0.2) is 4.87 Å². The minimum absolute atomic E-state index is 0.346. The molecule has 1 heterocycles. The number of para-hydroxylation sites is 1. The Labute approximate surface area is 149 Å². The van der Waals surface area contributed by atoms with Crippen LogP contribution in [0.2, 0.25) is 0 Å². The molecule has 2 unspecified atom stereocenters. The predicted molar refractivity (Wildman–Crippen MR) is 96.7 cm³/mol. The molecule has 0 aliphatic carbocycles. The number of hydrogen-bond acceptors (Lipinski definition) is 4. The van der Waals surface area contributed by atoms with Crippen LogP contribution in [0.25, 0.3) is 0 Å². The predicted octanol–water partition coefficient (Wildman–Crippen LogP) is 3.45. The van der Waals surface area contributed by atoms with E-state index >= 15 is 0 Å². The molecule has 2 atom stereocenters.